The summed E-state index contributed by atoms with van der Waals surface area (Å²) in [6, 6.07) is 11.1. The Hall–Kier alpha value is -2.80. The third-order valence-corrected chi connectivity index (χ3v) is 5.17. The molecule has 0 atom stereocenters. The van der Waals surface area contributed by atoms with Crippen molar-refractivity contribution >= 4 is 28.4 Å². The number of phenolic OH excluding ortho intramolecular Hbond substituents is 2. The Morgan fingerprint density at radius 1 is 1.15 bits per heavy atom. The quantitative estimate of drug-likeness (QED) is 0.280. The maximum Gasteiger partial charge on any atom is 0.262 e. The third-order valence-electron chi connectivity index (χ3n) is 4.19. The Morgan fingerprint density at radius 2 is 1.93 bits per heavy atom. The number of ketones is 1. The molecule has 0 radical (unpaired) electrons. The van der Waals surface area contributed by atoms with Crippen molar-refractivity contribution in [3.8, 4) is 11.5 Å². The molecule has 0 saturated heterocycles. The van der Waals surface area contributed by atoms with E-state index in [0.29, 0.717) is 28.2 Å². The number of Topliss-reactive ketones (excluding diaryl/α,β-unsaturated/α-hetero) is 1. The summed E-state index contributed by atoms with van der Waals surface area (Å²) in [7, 11) is 0. The highest BCUT2D eigenvalue weighted by atomic mass is 32.2. The summed E-state index contributed by atoms with van der Waals surface area (Å²) in [4.78, 5) is 29.8. The van der Waals surface area contributed by atoms with E-state index in [4.69, 9.17) is 0 Å². The number of fused-ring (bicyclic) bond motifs is 1. The largest absolute Gasteiger partial charge is 0.504 e. The summed E-state index contributed by atoms with van der Waals surface area (Å²) in [5.74, 6) is -0.765. The number of phenols is 2. The Balaban J connectivity index is 1.89. The van der Waals surface area contributed by atoms with Crippen LogP contribution in [0.4, 0.5) is 0 Å². The molecule has 0 unspecified atom stereocenters. The van der Waals surface area contributed by atoms with Gasteiger partial charge in [-0.05, 0) is 36.8 Å². The molecule has 6 nitrogen and oxygen atoms in total. The molecule has 3 rings (SSSR count). The number of hydrogen-bond donors (Lipinski definition) is 2. The number of carbonyl (C=O) groups is 1. The predicted octanol–water partition coefficient (Wildman–Crippen LogP) is 3.58. The van der Waals surface area contributed by atoms with Gasteiger partial charge in [-0.15, -0.1) is 0 Å². The first-order valence-corrected chi connectivity index (χ1v) is 9.67. The Bertz CT molecular complexity index is 1050. The van der Waals surface area contributed by atoms with Crippen LogP contribution >= 0.6 is 11.8 Å². The fourth-order valence-electron chi connectivity index (χ4n) is 2.68. The number of thioether (sulfide) groups is 1. The molecule has 0 saturated carbocycles. The van der Waals surface area contributed by atoms with Gasteiger partial charge in [-0.2, -0.15) is 0 Å². The molecular formula is C20H20N2O4S. The number of hydrogen-bond acceptors (Lipinski definition) is 6. The van der Waals surface area contributed by atoms with E-state index in [1.54, 1.807) is 16.7 Å². The number of rotatable bonds is 7. The zero-order chi connectivity index (χ0) is 19.4. The van der Waals surface area contributed by atoms with Crippen LogP contribution in [0.2, 0.25) is 0 Å². The molecule has 0 bridgehead atoms. The molecular weight excluding hydrogens is 364 g/mol. The highest BCUT2D eigenvalue weighted by Gasteiger charge is 2.14. The van der Waals surface area contributed by atoms with E-state index in [-0.39, 0.29) is 28.6 Å². The van der Waals surface area contributed by atoms with Crippen LogP contribution in [0, 0.1) is 0 Å². The van der Waals surface area contributed by atoms with E-state index in [1.165, 1.54) is 30.0 Å². The molecule has 3 aromatic rings. The van der Waals surface area contributed by atoms with Crippen LogP contribution in [0.3, 0.4) is 0 Å². The van der Waals surface area contributed by atoms with Gasteiger partial charge in [0.25, 0.3) is 5.56 Å². The van der Waals surface area contributed by atoms with E-state index in [2.05, 4.69) is 4.98 Å². The lowest BCUT2D eigenvalue weighted by molar-refractivity contribution is 0.102. The molecule has 140 valence electrons. The second kappa shape index (κ2) is 8.26. The minimum Gasteiger partial charge on any atom is -0.504 e. The lowest BCUT2D eigenvalue weighted by Crippen LogP contribution is -2.23. The summed E-state index contributed by atoms with van der Waals surface area (Å²) >= 11 is 1.20. The summed E-state index contributed by atoms with van der Waals surface area (Å²) in [5, 5.41) is 20.0. The number of nitrogens with zero attached hydrogens (tertiary/aromatic N) is 2. The number of aromatic nitrogens is 2. The molecule has 1 heterocycles. The van der Waals surface area contributed by atoms with Crippen molar-refractivity contribution in [2.45, 2.75) is 31.5 Å². The number of aromatic hydroxyl groups is 2. The first kappa shape index (κ1) is 19.0. The van der Waals surface area contributed by atoms with Gasteiger partial charge in [-0.1, -0.05) is 37.2 Å². The molecule has 7 heteroatoms. The highest BCUT2D eigenvalue weighted by Crippen LogP contribution is 2.26. The first-order chi connectivity index (χ1) is 13.0. The summed E-state index contributed by atoms with van der Waals surface area (Å²) in [6.07, 6.45) is 1.78. The highest BCUT2D eigenvalue weighted by molar-refractivity contribution is 7.99. The molecule has 0 amide bonds. The summed E-state index contributed by atoms with van der Waals surface area (Å²) in [6.45, 7) is 2.59. The smallest absolute Gasteiger partial charge is 0.262 e. The molecule has 1 aromatic heterocycles. The van der Waals surface area contributed by atoms with Gasteiger partial charge in [-0.25, -0.2) is 4.98 Å². The van der Waals surface area contributed by atoms with Crippen LogP contribution in [0.15, 0.2) is 52.4 Å². The van der Waals surface area contributed by atoms with Crippen molar-refractivity contribution in [3.05, 3.63) is 58.4 Å². The molecule has 0 aliphatic carbocycles. The average Bonchev–Trinajstić information content (AvgIpc) is 2.67. The van der Waals surface area contributed by atoms with Crippen LogP contribution in [-0.2, 0) is 6.54 Å². The zero-order valence-electron chi connectivity index (χ0n) is 14.9. The Labute approximate surface area is 160 Å². The topological polar surface area (TPSA) is 92.4 Å². The third kappa shape index (κ3) is 4.14. The summed E-state index contributed by atoms with van der Waals surface area (Å²) in [5.41, 5.74) is 0.791. The van der Waals surface area contributed by atoms with Crippen LogP contribution in [-0.4, -0.2) is 31.3 Å². The second-order valence-electron chi connectivity index (χ2n) is 6.14. The minimum absolute atomic E-state index is 0.0706. The maximum atomic E-state index is 12.8. The normalized spacial score (nSPS) is 11.0. The van der Waals surface area contributed by atoms with Gasteiger partial charge in [0.05, 0.1) is 16.7 Å². The standard InChI is InChI=1S/C20H20N2O4S/c1-2-3-10-22-19(26)14-6-4-5-7-15(14)21-20(22)27-12-18(25)13-8-9-16(23)17(24)11-13/h4-9,11,23-24H,2-3,10,12H2,1H3. The van der Waals surface area contributed by atoms with Crippen molar-refractivity contribution in [2.75, 3.05) is 5.75 Å². The van der Waals surface area contributed by atoms with E-state index in [9.17, 15) is 19.8 Å². The number of unbranched alkanes of at least 4 members (excludes halogenated alkanes) is 1. The van der Waals surface area contributed by atoms with Crippen molar-refractivity contribution in [2.24, 2.45) is 0 Å². The van der Waals surface area contributed by atoms with Crippen molar-refractivity contribution in [1.82, 2.24) is 9.55 Å². The number of carbonyl (C=O) groups excluding carboxylic acids is 1. The fraction of sp³-hybridized carbons (Fsp3) is 0.250. The number of para-hydroxylation sites is 1. The molecule has 0 spiro atoms. The Kier molecular flexibility index (Phi) is 5.81. The van der Waals surface area contributed by atoms with Gasteiger partial charge in [0.1, 0.15) is 0 Å². The lowest BCUT2D eigenvalue weighted by Gasteiger charge is -2.12. The molecule has 2 aromatic carbocycles. The van der Waals surface area contributed by atoms with Crippen LogP contribution < -0.4 is 5.56 Å². The fourth-order valence-corrected chi connectivity index (χ4v) is 3.60. The van der Waals surface area contributed by atoms with Gasteiger partial charge in [0.2, 0.25) is 0 Å². The maximum absolute atomic E-state index is 12.8. The number of benzene rings is 2. The first-order valence-electron chi connectivity index (χ1n) is 8.68. The van der Waals surface area contributed by atoms with Gasteiger partial charge in [-0.3, -0.25) is 14.2 Å². The van der Waals surface area contributed by atoms with Crippen LogP contribution in [0.1, 0.15) is 30.1 Å². The van der Waals surface area contributed by atoms with Gasteiger partial charge in [0.15, 0.2) is 22.4 Å². The lowest BCUT2D eigenvalue weighted by atomic mass is 10.1. The average molecular weight is 384 g/mol. The second-order valence-corrected chi connectivity index (χ2v) is 7.08. The van der Waals surface area contributed by atoms with Gasteiger partial charge >= 0.3 is 0 Å². The molecule has 0 aliphatic rings. The van der Waals surface area contributed by atoms with Crippen molar-refractivity contribution < 1.29 is 15.0 Å². The summed E-state index contributed by atoms with van der Waals surface area (Å²) < 4.78 is 1.62. The van der Waals surface area contributed by atoms with E-state index < -0.39 is 0 Å². The molecule has 0 aliphatic heterocycles. The zero-order valence-corrected chi connectivity index (χ0v) is 15.7. The van der Waals surface area contributed by atoms with E-state index in [1.807, 2.05) is 19.1 Å². The molecule has 27 heavy (non-hydrogen) atoms. The molecule has 0 fully saturated rings. The van der Waals surface area contributed by atoms with Crippen LogP contribution in [0.25, 0.3) is 10.9 Å². The van der Waals surface area contributed by atoms with Gasteiger partial charge < -0.3 is 10.2 Å². The van der Waals surface area contributed by atoms with Gasteiger partial charge in [0, 0.05) is 12.1 Å². The monoisotopic (exact) mass is 384 g/mol. The van der Waals surface area contributed by atoms with Crippen molar-refractivity contribution in [3.63, 3.8) is 0 Å². The minimum atomic E-state index is -0.338. The predicted molar refractivity (Wildman–Crippen MR) is 106 cm³/mol. The molecule has 2 N–H and O–H groups in total. The van der Waals surface area contributed by atoms with E-state index >= 15 is 0 Å². The SMILES string of the molecule is CCCCn1c(SCC(=O)c2ccc(O)c(O)c2)nc2ccccc2c1=O. The van der Waals surface area contributed by atoms with E-state index in [0.717, 1.165) is 12.8 Å². The van der Waals surface area contributed by atoms with Crippen molar-refractivity contribution in [1.29, 1.82) is 0 Å². The van der Waals surface area contributed by atoms with Crippen LogP contribution in [0.5, 0.6) is 11.5 Å². The Morgan fingerprint density at radius 3 is 2.67 bits per heavy atom.